The van der Waals surface area contributed by atoms with Gasteiger partial charge in [0.2, 0.25) is 0 Å². The number of hydrogen-bond acceptors (Lipinski definition) is 5. The van der Waals surface area contributed by atoms with Crippen molar-refractivity contribution >= 4 is 29.8 Å². The third-order valence-corrected chi connectivity index (χ3v) is 3.12. The van der Waals surface area contributed by atoms with E-state index in [0.29, 0.717) is 5.01 Å². The molecular weight excluding hydrogens is 237 g/mol. The molecule has 2 rings (SSSR count). The fourth-order valence-corrected chi connectivity index (χ4v) is 2.42. The van der Waals surface area contributed by atoms with E-state index in [4.69, 9.17) is 4.89 Å². The molecule has 2 N–H and O–H groups in total. The molecule has 0 aliphatic heterocycles. The number of phenolic OH excluding ortho intramolecular Hbond substituents is 1. The number of nitrogens with zero attached hydrogens (tertiary/aromatic N) is 1. The Morgan fingerprint density at radius 1 is 1.53 bits per heavy atom. The standard InChI is InChI=1S/C8H8NO4PS/c10-5-1-2-6-7(3-5)15-8(9-6)4-13-14(11)12/h1-3,10,14H,4H2,(H,11,12). The van der Waals surface area contributed by atoms with Gasteiger partial charge >= 0.3 is 8.25 Å². The van der Waals surface area contributed by atoms with Crippen LogP contribution in [0, 0.1) is 0 Å². The Bertz CT molecular complexity index is 512. The maximum atomic E-state index is 10.3. The van der Waals surface area contributed by atoms with Crippen LogP contribution in [-0.2, 0) is 15.7 Å². The van der Waals surface area contributed by atoms with Gasteiger partial charge in [-0.2, -0.15) is 0 Å². The average Bonchev–Trinajstić information content (AvgIpc) is 2.56. The third-order valence-electron chi connectivity index (χ3n) is 1.74. The molecule has 1 unspecified atom stereocenters. The van der Waals surface area contributed by atoms with E-state index in [0.717, 1.165) is 10.2 Å². The maximum absolute atomic E-state index is 10.3. The zero-order chi connectivity index (χ0) is 10.8. The zero-order valence-electron chi connectivity index (χ0n) is 7.51. The van der Waals surface area contributed by atoms with E-state index in [1.807, 2.05) is 0 Å². The summed E-state index contributed by atoms with van der Waals surface area (Å²) in [6.45, 7) is 0.0222. The lowest BCUT2D eigenvalue weighted by molar-refractivity contribution is 0.272. The summed E-state index contributed by atoms with van der Waals surface area (Å²) < 4.78 is 15.7. The first-order valence-electron chi connectivity index (χ1n) is 4.09. The number of rotatable bonds is 3. The minimum atomic E-state index is -2.91. The van der Waals surface area contributed by atoms with Gasteiger partial charge in [-0.3, -0.25) is 4.57 Å². The molecule has 0 saturated carbocycles. The van der Waals surface area contributed by atoms with Crippen molar-refractivity contribution in [2.45, 2.75) is 6.61 Å². The molecule has 0 amide bonds. The van der Waals surface area contributed by atoms with Crippen LogP contribution in [0.3, 0.4) is 0 Å². The summed E-state index contributed by atoms with van der Waals surface area (Å²) >= 11 is 1.32. The van der Waals surface area contributed by atoms with Crippen molar-refractivity contribution < 1.29 is 19.1 Å². The molecule has 7 heteroatoms. The number of thiazole rings is 1. The molecule has 0 spiro atoms. The summed E-state index contributed by atoms with van der Waals surface area (Å²) in [6.07, 6.45) is 0. The molecule has 1 aromatic heterocycles. The Kier molecular flexibility index (Phi) is 3.02. The smallest absolute Gasteiger partial charge is 0.316 e. The SMILES string of the molecule is O=[PH](O)OCc1nc2ccc(O)cc2s1. The maximum Gasteiger partial charge on any atom is 0.316 e. The first-order valence-corrected chi connectivity index (χ1v) is 6.17. The minimum absolute atomic E-state index is 0.0222. The Balaban J connectivity index is 2.27. The van der Waals surface area contributed by atoms with Gasteiger partial charge in [-0.25, -0.2) is 4.98 Å². The molecule has 1 heterocycles. The second-order valence-corrected chi connectivity index (χ2v) is 4.75. The van der Waals surface area contributed by atoms with Gasteiger partial charge < -0.3 is 14.5 Å². The largest absolute Gasteiger partial charge is 0.508 e. The van der Waals surface area contributed by atoms with E-state index < -0.39 is 8.25 Å². The molecule has 0 aliphatic rings. The van der Waals surface area contributed by atoms with Crippen molar-refractivity contribution in [1.82, 2.24) is 4.98 Å². The van der Waals surface area contributed by atoms with E-state index in [-0.39, 0.29) is 12.4 Å². The quantitative estimate of drug-likeness (QED) is 0.807. The first kappa shape index (κ1) is 10.6. The Hall–Kier alpha value is -0.940. The molecule has 0 saturated heterocycles. The molecule has 1 aromatic carbocycles. The van der Waals surface area contributed by atoms with Gasteiger partial charge in [-0.05, 0) is 18.2 Å². The van der Waals surface area contributed by atoms with Gasteiger partial charge in [0.25, 0.3) is 0 Å². The molecule has 2 aromatic rings. The van der Waals surface area contributed by atoms with Crippen LogP contribution in [0.2, 0.25) is 0 Å². The van der Waals surface area contributed by atoms with Crippen LogP contribution in [0.1, 0.15) is 5.01 Å². The Morgan fingerprint density at radius 3 is 3.07 bits per heavy atom. The van der Waals surface area contributed by atoms with E-state index in [1.54, 1.807) is 18.2 Å². The van der Waals surface area contributed by atoms with Crippen molar-refractivity contribution in [1.29, 1.82) is 0 Å². The number of phenols is 1. The number of fused-ring (bicyclic) bond motifs is 1. The van der Waals surface area contributed by atoms with Crippen molar-refractivity contribution in [2.75, 3.05) is 0 Å². The van der Waals surface area contributed by atoms with Gasteiger partial charge in [0.15, 0.2) is 0 Å². The van der Waals surface area contributed by atoms with Crippen molar-refractivity contribution in [3.63, 3.8) is 0 Å². The van der Waals surface area contributed by atoms with Crippen molar-refractivity contribution in [3.8, 4) is 5.75 Å². The first-order chi connectivity index (χ1) is 7.15. The van der Waals surface area contributed by atoms with Crippen LogP contribution in [0.4, 0.5) is 0 Å². The number of aromatic hydroxyl groups is 1. The van der Waals surface area contributed by atoms with E-state index in [2.05, 4.69) is 9.51 Å². The molecule has 15 heavy (non-hydrogen) atoms. The van der Waals surface area contributed by atoms with Gasteiger partial charge in [0.05, 0.1) is 10.2 Å². The predicted octanol–water partition coefficient (Wildman–Crippen LogP) is 1.90. The number of aromatic nitrogens is 1. The van der Waals surface area contributed by atoms with E-state index in [9.17, 15) is 9.67 Å². The van der Waals surface area contributed by atoms with Crippen LogP contribution in [0.15, 0.2) is 18.2 Å². The van der Waals surface area contributed by atoms with Crippen molar-refractivity contribution in [3.05, 3.63) is 23.2 Å². The van der Waals surface area contributed by atoms with Crippen LogP contribution >= 0.6 is 19.6 Å². The third kappa shape index (κ3) is 2.54. The summed E-state index contributed by atoms with van der Waals surface area (Å²) in [7, 11) is -2.91. The molecule has 0 radical (unpaired) electrons. The molecule has 5 nitrogen and oxygen atoms in total. The highest BCUT2D eigenvalue weighted by Gasteiger charge is 2.05. The summed E-state index contributed by atoms with van der Waals surface area (Å²) in [6, 6.07) is 4.83. The highest BCUT2D eigenvalue weighted by Crippen LogP contribution is 2.27. The number of hydrogen-bond donors (Lipinski definition) is 2. The van der Waals surface area contributed by atoms with Crippen molar-refractivity contribution in [2.24, 2.45) is 0 Å². The molecular formula is C8H8NO4PS. The number of benzene rings is 1. The summed E-state index contributed by atoms with van der Waals surface area (Å²) in [4.78, 5) is 12.7. The van der Waals surface area contributed by atoms with Gasteiger partial charge in [0.1, 0.15) is 17.4 Å². The van der Waals surface area contributed by atoms with Gasteiger partial charge in [-0.1, -0.05) is 0 Å². The normalized spacial score (nSPS) is 13.1. The monoisotopic (exact) mass is 245 g/mol. The van der Waals surface area contributed by atoms with E-state index in [1.165, 1.54) is 11.3 Å². The molecule has 0 aliphatic carbocycles. The highest BCUT2D eigenvalue weighted by atomic mass is 32.1. The highest BCUT2D eigenvalue weighted by molar-refractivity contribution is 7.32. The summed E-state index contributed by atoms with van der Waals surface area (Å²) in [5, 5.41) is 9.83. The lowest BCUT2D eigenvalue weighted by Crippen LogP contribution is -1.82. The van der Waals surface area contributed by atoms with Crippen LogP contribution in [0.5, 0.6) is 5.75 Å². The average molecular weight is 245 g/mol. The lowest BCUT2D eigenvalue weighted by atomic mass is 10.3. The Labute approximate surface area is 89.9 Å². The second-order valence-electron chi connectivity index (χ2n) is 2.81. The van der Waals surface area contributed by atoms with Crippen LogP contribution in [0.25, 0.3) is 10.2 Å². The minimum Gasteiger partial charge on any atom is -0.508 e. The van der Waals surface area contributed by atoms with Crippen LogP contribution < -0.4 is 0 Å². The zero-order valence-corrected chi connectivity index (χ0v) is 9.32. The molecule has 80 valence electrons. The fraction of sp³-hybridized carbons (Fsp3) is 0.125. The van der Waals surface area contributed by atoms with E-state index >= 15 is 0 Å². The fourth-order valence-electron chi connectivity index (χ4n) is 1.15. The molecule has 1 atom stereocenters. The predicted molar refractivity (Wildman–Crippen MR) is 57.3 cm³/mol. The van der Waals surface area contributed by atoms with Gasteiger partial charge in [-0.15, -0.1) is 11.3 Å². The molecule has 0 bridgehead atoms. The summed E-state index contributed by atoms with van der Waals surface area (Å²) in [5.74, 6) is 0.175. The van der Waals surface area contributed by atoms with Crippen LogP contribution in [-0.4, -0.2) is 15.0 Å². The van der Waals surface area contributed by atoms with Gasteiger partial charge in [0, 0.05) is 0 Å². The lowest BCUT2D eigenvalue weighted by Gasteiger charge is -1.93. The summed E-state index contributed by atoms with van der Waals surface area (Å²) in [5.41, 5.74) is 0.744. The molecule has 0 fully saturated rings. The topological polar surface area (TPSA) is 79.7 Å². The Morgan fingerprint density at radius 2 is 2.33 bits per heavy atom. The second kappa shape index (κ2) is 4.28.